The van der Waals surface area contributed by atoms with Gasteiger partial charge in [0, 0.05) is 11.6 Å². The average molecular weight is 407 g/mol. The molecule has 0 saturated carbocycles. The minimum absolute atomic E-state index is 0.0687. The van der Waals surface area contributed by atoms with Gasteiger partial charge in [-0.3, -0.25) is 4.79 Å². The van der Waals surface area contributed by atoms with Gasteiger partial charge in [0.1, 0.15) is 11.1 Å². The van der Waals surface area contributed by atoms with Crippen molar-refractivity contribution in [3.8, 4) is 0 Å². The number of amides is 1. The van der Waals surface area contributed by atoms with Crippen molar-refractivity contribution in [3.05, 3.63) is 68.6 Å². The summed E-state index contributed by atoms with van der Waals surface area (Å²) in [5, 5.41) is 3.41. The number of halogens is 2. The number of carbonyl (C=O) groups is 2. The van der Waals surface area contributed by atoms with Crippen LogP contribution < -0.4 is 10.9 Å². The molecule has 0 radical (unpaired) electrons. The Bertz CT molecular complexity index is 1100. The molecule has 1 amide bonds. The van der Waals surface area contributed by atoms with Crippen LogP contribution in [-0.2, 0) is 9.53 Å². The highest BCUT2D eigenvalue weighted by Crippen LogP contribution is 2.22. The summed E-state index contributed by atoms with van der Waals surface area (Å²) < 4.78 is 10.1. The molecule has 2 aromatic heterocycles. The van der Waals surface area contributed by atoms with Gasteiger partial charge in [0.25, 0.3) is 5.91 Å². The SMILES string of the molecule is C[C@H](OC(=O)c1cc2ccccc2oc1=O)C(=O)Nc1ncc(Cl)cc1Cl. The summed E-state index contributed by atoms with van der Waals surface area (Å²) in [6.07, 6.45) is 0.0944. The van der Waals surface area contributed by atoms with E-state index < -0.39 is 23.6 Å². The summed E-state index contributed by atoms with van der Waals surface area (Å²) in [6, 6.07) is 9.47. The highest BCUT2D eigenvalue weighted by molar-refractivity contribution is 6.36. The summed E-state index contributed by atoms with van der Waals surface area (Å²) in [4.78, 5) is 40.3. The molecule has 9 heteroatoms. The number of ether oxygens (including phenoxy) is 1. The Balaban J connectivity index is 1.74. The maximum absolute atomic E-state index is 12.3. The Labute approximate surface area is 162 Å². The summed E-state index contributed by atoms with van der Waals surface area (Å²) in [7, 11) is 0. The van der Waals surface area contributed by atoms with Gasteiger partial charge < -0.3 is 14.5 Å². The predicted octanol–water partition coefficient (Wildman–Crippen LogP) is 3.68. The van der Waals surface area contributed by atoms with Gasteiger partial charge in [0.05, 0.1) is 10.0 Å². The summed E-state index contributed by atoms with van der Waals surface area (Å²) >= 11 is 11.7. The first kappa shape index (κ1) is 18.9. The van der Waals surface area contributed by atoms with Gasteiger partial charge in [0.2, 0.25) is 0 Å². The standard InChI is InChI=1S/C18H12Cl2N2O5/c1-9(16(23)22-15-13(20)7-11(19)8-21-15)26-17(24)12-6-10-4-2-3-5-14(10)27-18(12)25/h2-9H,1H3,(H,21,22,23)/t9-/m0/s1. The molecule has 0 saturated heterocycles. The number of esters is 1. The maximum atomic E-state index is 12.3. The van der Waals surface area contributed by atoms with E-state index in [1.165, 1.54) is 25.3 Å². The van der Waals surface area contributed by atoms with Crippen molar-refractivity contribution in [3.63, 3.8) is 0 Å². The molecule has 3 aromatic rings. The van der Waals surface area contributed by atoms with Crippen LogP contribution in [0.2, 0.25) is 10.0 Å². The van der Waals surface area contributed by atoms with Crippen molar-refractivity contribution in [2.45, 2.75) is 13.0 Å². The zero-order valence-electron chi connectivity index (χ0n) is 13.9. The number of benzene rings is 1. The van der Waals surface area contributed by atoms with Crippen LogP contribution in [-0.4, -0.2) is 23.0 Å². The Kier molecular flexibility index (Phi) is 5.43. The molecule has 27 heavy (non-hydrogen) atoms. The highest BCUT2D eigenvalue weighted by atomic mass is 35.5. The molecule has 0 fully saturated rings. The fourth-order valence-electron chi connectivity index (χ4n) is 2.21. The molecule has 0 unspecified atom stereocenters. The second kappa shape index (κ2) is 7.77. The Morgan fingerprint density at radius 2 is 1.96 bits per heavy atom. The van der Waals surface area contributed by atoms with Crippen molar-refractivity contribution < 1.29 is 18.7 Å². The number of anilines is 1. The molecule has 3 rings (SSSR count). The Hall–Kier alpha value is -2.90. The topological polar surface area (TPSA) is 98.5 Å². The van der Waals surface area contributed by atoms with Crippen molar-refractivity contribution >= 4 is 51.9 Å². The summed E-state index contributed by atoms with van der Waals surface area (Å²) in [5.74, 6) is -1.59. The Morgan fingerprint density at radius 1 is 1.22 bits per heavy atom. The summed E-state index contributed by atoms with van der Waals surface area (Å²) in [6.45, 7) is 1.35. The molecule has 0 aliphatic carbocycles. The molecule has 0 aliphatic heterocycles. The third kappa shape index (κ3) is 4.27. The zero-order valence-corrected chi connectivity index (χ0v) is 15.4. The number of fused-ring (bicyclic) bond motifs is 1. The van der Waals surface area contributed by atoms with Crippen molar-refractivity contribution in [2.24, 2.45) is 0 Å². The smallest absolute Gasteiger partial charge is 0.351 e. The minimum atomic E-state index is -1.21. The molecule has 1 N–H and O–H groups in total. The lowest BCUT2D eigenvalue weighted by atomic mass is 10.2. The van der Waals surface area contributed by atoms with Crippen LogP contribution in [0.25, 0.3) is 11.0 Å². The Morgan fingerprint density at radius 3 is 2.70 bits per heavy atom. The third-order valence-corrected chi connectivity index (χ3v) is 4.06. The lowest BCUT2D eigenvalue weighted by Gasteiger charge is -2.13. The lowest BCUT2D eigenvalue weighted by molar-refractivity contribution is -0.123. The van der Waals surface area contributed by atoms with E-state index >= 15 is 0 Å². The quantitative estimate of drug-likeness (QED) is 0.523. The predicted molar refractivity (Wildman–Crippen MR) is 100 cm³/mol. The number of hydrogen-bond donors (Lipinski definition) is 1. The minimum Gasteiger partial charge on any atom is -0.449 e. The summed E-state index contributed by atoms with van der Waals surface area (Å²) in [5.41, 5.74) is -0.821. The first-order chi connectivity index (χ1) is 12.8. The lowest BCUT2D eigenvalue weighted by Crippen LogP contribution is -2.31. The van der Waals surface area contributed by atoms with Crippen LogP contribution in [0.15, 0.2) is 51.8 Å². The molecule has 0 spiro atoms. The average Bonchev–Trinajstić information content (AvgIpc) is 2.63. The molecule has 138 valence electrons. The van der Waals surface area contributed by atoms with Gasteiger partial charge in [-0.2, -0.15) is 0 Å². The number of hydrogen-bond acceptors (Lipinski definition) is 6. The molecule has 0 bridgehead atoms. The normalized spacial score (nSPS) is 11.8. The molecule has 1 atom stereocenters. The van der Waals surface area contributed by atoms with Gasteiger partial charge in [-0.1, -0.05) is 41.4 Å². The molecule has 2 heterocycles. The molecule has 0 aliphatic rings. The number of aromatic nitrogens is 1. The number of rotatable bonds is 4. The van der Waals surface area contributed by atoms with Gasteiger partial charge in [-0.05, 0) is 25.1 Å². The maximum Gasteiger partial charge on any atom is 0.351 e. The molecular weight excluding hydrogens is 395 g/mol. The van der Waals surface area contributed by atoms with E-state index in [1.54, 1.807) is 24.3 Å². The number of para-hydroxylation sites is 1. The van der Waals surface area contributed by atoms with Crippen molar-refractivity contribution in [1.82, 2.24) is 4.98 Å². The molecular formula is C18H12Cl2N2O5. The fourth-order valence-corrected chi connectivity index (χ4v) is 2.63. The van der Waals surface area contributed by atoms with Crippen LogP contribution in [0.1, 0.15) is 17.3 Å². The number of nitrogens with zero attached hydrogens (tertiary/aromatic N) is 1. The second-order valence-corrected chi connectivity index (χ2v) is 6.35. The van der Waals surface area contributed by atoms with Crippen molar-refractivity contribution in [2.75, 3.05) is 5.32 Å². The zero-order chi connectivity index (χ0) is 19.6. The van der Waals surface area contributed by atoms with E-state index in [1.807, 2.05) is 0 Å². The highest BCUT2D eigenvalue weighted by Gasteiger charge is 2.23. The van der Waals surface area contributed by atoms with E-state index in [9.17, 15) is 14.4 Å². The largest absolute Gasteiger partial charge is 0.449 e. The number of pyridine rings is 1. The second-order valence-electron chi connectivity index (χ2n) is 5.51. The van der Waals surface area contributed by atoms with Gasteiger partial charge in [-0.15, -0.1) is 0 Å². The van der Waals surface area contributed by atoms with Crippen LogP contribution in [0, 0.1) is 0 Å². The van der Waals surface area contributed by atoms with Crippen LogP contribution in [0.4, 0.5) is 5.82 Å². The van der Waals surface area contributed by atoms with E-state index in [4.69, 9.17) is 32.4 Å². The fraction of sp³-hybridized carbons (Fsp3) is 0.111. The number of nitrogens with one attached hydrogen (secondary N) is 1. The van der Waals surface area contributed by atoms with Crippen LogP contribution in [0.3, 0.4) is 0 Å². The van der Waals surface area contributed by atoms with Gasteiger partial charge in [0.15, 0.2) is 11.9 Å². The first-order valence-electron chi connectivity index (χ1n) is 7.71. The van der Waals surface area contributed by atoms with Gasteiger partial charge in [-0.25, -0.2) is 14.6 Å². The number of carbonyl (C=O) groups excluding carboxylic acids is 2. The monoisotopic (exact) mass is 406 g/mol. The van der Waals surface area contributed by atoms with E-state index in [0.29, 0.717) is 16.0 Å². The van der Waals surface area contributed by atoms with E-state index in [2.05, 4.69) is 10.3 Å². The molecule has 1 aromatic carbocycles. The van der Waals surface area contributed by atoms with Crippen LogP contribution >= 0.6 is 23.2 Å². The first-order valence-corrected chi connectivity index (χ1v) is 8.46. The van der Waals surface area contributed by atoms with Crippen molar-refractivity contribution in [1.29, 1.82) is 0 Å². The van der Waals surface area contributed by atoms with E-state index in [0.717, 1.165) is 0 Å². The van der Waals surface area contributed by atoms with Gasteiger partial charge >= 0.3 is 11.6 Å². The van der Waals surface area contributed by atoms with E-state index in [-0.39, 0.29) is 16.4 Å². The molecule has 7 nitrogen and oxygen atoms in total. The van der Waals surface area contributed by atoms with Crippen LogP contribution in [0.5, 0.6) is 0 Å². The third-order valence-electron chi connectivity index (χ3n) is 3.56.